The molecule has 0 saturated heterocycles. The Morgan fingerprint density at radius 1 is 0.833 bits per heavy atom. The molecule has 2 atom stereocenters. The molecule has 2 rings (SSSR count). The fraction of sp³-hybridized carbons (Fsp3) is 0.316. The number of carbonyl (C=O) groups excluding carboxylic acids is 1. The Hall–Kier alpha value is -2.69. The number of aromatic hydroxyl groups is 2. The zero-order chi connectivity index (χ0) is 17.9. The molecule has 0 amide bonds. The number of hydrogen-bond donors (Lipinski definition) is 2. The third kappa shape index (κ3) is 3.15. The van der Waals surface area contributed by atoms with Crippen LogP contribution >= 0.6 is 0 Å². The number of hydrogen-bond acceptors (Lipinski definition) is 5. The molecule has 0 aromatic heterocycles. The van der Waals surface area contributed by atoms with E-state index in [4.69, 9.17) is 9.47 Å². The first-order chi connectivity index (χ1) is 11.4. The number of benzene rings is 2. The molecule has 0 bridgehead atoms. The number of methoxy groups -OCH3 is 2. The molecule has 2 N–H and O–H groups in total. The van der Waals surface area contributed by atoms with Crippen LogP contribution in [0, 0.1) is 0 Å². The van der Waals surface area contributed by atoms with Crippen molar-refractivity contribution >= 4 is 5.78 Å². The van der Waals surface area contributed by atoms with Crippen molar-refractivity contribution in [3.63, 3.8) is 0 Å². The maximum atomic E-state index is 13.0. The summed E-state index contributed by atoms with van der Waals surface area (Å²) >= 11 is 0. The van der Waals surface area contributed by atoms with Crippen LogP contribution in [-0.4, -0.2) is 30.2 Å². The first kappa shape index (κ1) is 17.7. The van der Waals surface area contributed by atoms with Crippen LogP contribution in [0.2, 0.25) is 0 Å². The summed E-state index contributed by atoms with van der Waals surface area (Å²) in [5, 5.41) is 20.3. The van der Waals surface area contributed by atoms with E-state index < -0.39 is 11.8 Å². The van der Waals surface area contributed by atoms with Crippen LogP contribution in [0.25, 0.3) is 0 Å². The standard InChI is InChI=1S/C19H22O5/c1-11(17-13(20)7-5-9-15(17)23-3)19(22)12(2)18-14(21)8-6-10-16(18)24-4/h5-12,20-21H,1-4H3. The van der Waals surface area contributed by atoms with Crippen molar-refractivity contribution in [3.05, 3.63) is 47.5 Å². The van der Waals surface area contributed by atoms with Gasteiger partial charge in [0.2, 0.25) is 0 Å². The minimum atomic E-state index is -0.611. The van der Waals surface area contributed by atoms with Gasteiger partial charge in [-0.05, 0) is 24.3 Å². The van der Waals surface area contributed by atoms with E-state index >= 15 is 0 Å². The molecule has 2 unspecified atom stereocenters. The number of phenols is 2. The monoisotopic (exact) mass is 330 g/mol. The summed E-state index contributed by atoms with van der Waals surface area (Å²) in [6.07, 6.45) is 0. The molecule has 24 heavy (non-hydrogen) atoms. The predicted molar refractivity (Wildman–Crippen MR) is 91.2 cm³/mol. The lowest BCUT2D eigenvalue weighted by Crippen LogP contribution is -2.18. The van der Waals surface area contributed by atoms with Crippen LogP contribution in [0.15, 0.2) is 36.4 Å². The van der Waals surface area contributed by atoms with E-state index in [0.717, 1.165) is 0 Å². The van der Waals surface area contributed by atoms with Gasteiger partial charge < -0.3 is 19.7 Å². The Bertz CT molecular complexity index is 677. The quantitative estimate of drug-likeness (QED) is 0.846. The normalized spacial score (nSPS) is 13.2. The topological polar surface area (TPSA) is 76.0 Å². The van der Waals surface area contributed by atoms with Gasteiger partial charge in [-0.2, -0.15) is 0 Å². The zero-order valence-electron chi connectivity index (χ0n) is 14.2. The molecular formula is C19H22O5. The van der Waals surface area contributed by atoms with Gasteiger partial charge in [-0.25, -0.2) is 0 Å². The van der Waals surface area contributed by atoms with Gasteiger partial charge in [0.05, 0.1) is 14.2 Å². The molecule has 0 aliphatic heterocycles. The maximum Gasteiger partial charge on any atom is 0.147 e. The largest absolute Gasteiger partial charge is 0.508 e. The Balaban J connectivity index is 2.43. The smallest absolute Gasteiger partial charge is 0.147 e. The van der Waals surface area contributed by atoms with E-state index in [1.807, 2.05) is 0 Å². The van der Waals surface area contributed by atoms with E-state index in [1.165, 1.54) is 26.4 Å². The number of phenolic OH excluding ortho intramolecular Hbond substituents is 2. The summed E-state index contributed by atoms with van der Waals surface area (Å²) in [5.41, 5.74) is 0.873. The number of ketones is 1. The second-order valence-electron chi connectivity index (χ2n) is 5.63. The summed E-state index contributed by atoms with van der Waals surface area (Å²) < 4.78 is 10.5. The van der Waals surface area contributed by atoms with Crippen molar-refractivity contribution in [1.82, 2.24) is 0 Å². The Kier molecular flexibility index (Phi) is 5.34. The van der Waals surface area contributed by atoms with E-state index in [2.05, 4.69) is 0 Å². The number of carbonyl (C=O) groups is 1. The first-order valence-electron chi connectivity index (χ1n) is 7.67. The molecule has 5 heteroatoms. The van der Waals surface area contributed by atoms with Gasteiger partial charge in [0.15, 0.2) is 0 Å². The second-order valence-corrected chi connectivity index (χ2v) is 5.63. The molecule has 2 aromatic carbocycles. The molecule has 128 valence electrons. The van der Waals surface area contributed by atoms with Gasteiger partial charge in [-0.3, -0.25) is 4.79 Å². The highest BCUT2D eigenvalue weighted by molar-refractivity contribution is 5.93. The van der Waals surface area contributed by atoms with Gasteiger partial charge >= 0.3 is 0 Å². The minimum absolute atomic E-state index is 0.00616. The summed E-state index contributed by atoms with van der Waals surface area (Å²) in [6, 6.07) is 9.75. The number of rotatable bonds is 6. The predicted octanol–water partition coefficient (Wildman–Crippen LogP) is 3.59. The summed E-state index contributed by atoms with van der Waals surface area (Å²) in [7, 11) is 2.98. The third-order valence-electron chi connectivity index (χ3n) is 4.25. The first-order valence-corrected chi connectivity index (χ1v) is 7.67. The van der Waals surface area contributed by atoms with Crippen LogP contribution < -0.4 is 9.47 Å². The fourth-order valence-corrected chi connectivity index (χ4v) is 2.95. The van der Waals surface area contributed by atoms with Crippen LogP contribution in [0.1, 0.15) is 36.8 Å². The molecule has 0 spiro atoms. The highest BCUT2D eigenvalue weighted by atomic mass is 16.5. The molecule has 0 fully saturated rings. The second kappa shape index (κ2) is 7.25. The van der Waals surface area contributed by atoms with Crippen molar-refractivity contribution in [2.24, 2.45) is 0 Å². The Labute approximate surface area is 141 Å². The van der Waals surface area contributed by atoms with E-state index in [-0.39, 0.29) is 17.3 Å². The molecule has 5 nitrogen and oxygen atoms in total. The lowest BCUT2D eigenvalue weighted by molar-refractivity contribution is -0.121. The van der Waals surface area contributed by atoms with Crippen molar-refractivity contribution in [2.45, 2.75) is 25.7 Å². The third-order valence-corrected chi connectivity index (χ3v) is 4.25. The number of Topliss-reactive ketones (excluding diaryl/α,β-unsaturated/α-hetero) is 1. The molecule has 0 aliphatic carbocycles. The van der Waals surface area contributed by atoms with Crippen LogP contribution in [0.5, 0.6) is 23.0 Å². The molecule has 0 heterocycles. The average Bonchev–Trinajstić information content (AvgIpc) is 2.59. The van der Waals surface area contributed by atoms with Crippen molar-refractivity contribution < 1.29 is 24.5 Å². The van der Waals surface area contributed by atoms with E-state index in [0.29, 0.717) is 22.6 Å². The summed E-state index contributed by atoms with van der Waals surface area (Å²) in [5.74, 6) is -0.464. The molecule has 0 aliphatic rings. The van der Waals surface area contributed by atoms with Gasteiger partial charge in [0, 0.05) is 23.0 Å². The summed E-state index contributed by atoms with van der Waals surface area (Å²) in [4.78, 5) is 13.0. The van der Waals surface area contributed by atoms with Crippen LogP contribution in [-0.2, 0) is 4.79 Å². The highest BCUT2D eigenvalue weighted by Crippen LogP contribution is 2.41. The van der Waals surface area contributed by atoms with Crippen molar-refractivity contribution in [2.75, 3.05) is 14.2 Å². The molecular weight excluding hydrogens is 308 g/mol. The van der Waals surface area contributed by atoms with Crippen molar-refractivity contribution in [1.29, 1.82) is 0 Å². The summed E-state index contributed by atoms with van der Waals surface area (Å²) in [6.45, 7) is 3.42. The zero-order valence-corrected chi connectivity index (χ0v) is 14.2. The number of ether oxygens (including phenoxy) is 2. The van der Waals surface area contributed by atoms with Gasteiger partial charge in [-0.15, -0.1) is 0 Å². The van der Waals surface area contributed by atoms with E-state index in [9.17, 15) is 15.0 Å². The van der Waals surface area contributed by atoms with Gasteiger partial charge in [0.1, 0.15) is 28.8 Å². The lowest BCUT2D eigenvalue weighted by atomic mass is 9.84. The van der Waals surface area contributed by atoms with Crippen LogP contribution in [0.3, 0.4) is 0 Å². The average molecular weight is 330 g/mol. The molecule has 0 saturated carbocycles. The highest BCUT2D eigenvalue weighted by Gasteiger charge is 2.30. The van der Waals surface area contributed by atoms with Crippen LogP contribution in [0.4, 0.5) is 0 Å². The Morgan fingerprint density at radius 3 is 1.54 bits per heavy atom. The molecule has 2 aromatic rings. The maximum absolute atomic E-state index is 13.0. The van der Waals surface area contributed by atoms with Gasteiger partial charge in [0.25, 0.3) is 0 Å². The Morgan fingerprint density at radius 2 is 1.21 bits per heavy atom. The lowest BCUT2D eigenvalue weighted by Gasteiger charge is -2.21. The SMILES string of the molecule is COc1cccc(O)c1C(C)C(=O)C(C)c1c(O)cccc1OC. The minimum Gasteiger partial charge on any atom is -0.508 e. The molecule has 0 radical (unpaired) electrons. The van der Waals surface area contributed by atoms with Gasteiger partial charge in [-0.1, -0.05) is 26.0 Å². The van der Waals surface area contributed by atoms with Crippen molar-refractivity contribution in [3.8, 4) is 23.0 Å². The fourth-order valence-electron chi connectivity index (χ4n) is 2.95. The van der Waals surface area contributed by atoms with E-state index in [1.54, 1.807) is 38.1 Å².